The number of rotatable bonds is 3. The van der Waals surface area contributed by atoms with Crippen LogP contribution in [0.2, 0.25) is 0 Å². The van der Waals surface area contributed by atoms with E-state index in [-0.39, 0.29) is 0 Å². The fourth-order valence-corrected chi connectivity index (χ4v) is 3.32. The molecule has 1 aromatic heterocycles. The van der Waals surface area contributed by atoms with Gasteiger partial charge in [-0.1, -0.05) is 20.8 Å². The van der Waals surface area contributed by atoms with E-state index in [0.29, 0.717) is 23.8 Å². The van der Waals surface area contributed by atoms with E-state index in [4.69, 9.17) is 0 Å². The molecule has 1 N–H and O–H groups in total. The molecule has 1 fully saturated rings. The average Bonchev–Trinajstić information content (AvgIpc) is 2.75. The van der Waals surface area contributed by atoms with E-state index < -0.39 is 5.60 Å². The van der Waals surface area contributed by atoms with E-state index in [0.717, 1.165) is 31.5 Å². The fraction of sp³-hybridized carbons (Fsp3) is 0.875. The molecule has 1 aliphatic carbocycles. The summed E-state index contributed by atoms with van der Waals surface area (Å²) in [5.74, 6) is 1.63. The van der Waals surface area contributed by atoms with E-state index in [2.05, 4.69) is 44.7 Å². The van der Waals surface area contributed by atoms with Crippen molar-refractivity contribution in [1.29, 1.82) is 0 Å². The van der Waals surface area contributed by atoms with Gasteiger partial charge < -0.3 is 5.11 Å². The zero-order valence-corrected chi connectivity index (χ0v) is 13.6. The molecule has 114 valence electrons. The average molecular weight is 279 g/mol. The Balaban J connectivity index is 2.02. The minimum Gasteiger partial charge on any atom is -0.389 e. The molecule has 2 rings (SSSR count). The van der Waals surface area contributed by atoms with Crippen LogP contribution >= 0.6 is 0 Å². The van der Waals surface area contributed by atoms with E-state index in [1.54, 1.807) is 6.33 Å². The molecule has 0 bridgehead atoms. The van der Waals surface area contributed by atoms with Crippen LogP contribution in [0.1, 0.15) is 72.2 Å². The molecule has 0 spiro atoms. The Kier molecular flexibility index (Phi) is 4.24. The zero-order chi connectivity index (χ0) is 15.0. The van der Waals surface area contributed by atoms with Gasteiger partial charge in [0.15, 0.2) is 0 Å². The molecule has 20 heavy (non-hydrogen) atoms. The molecule has 0 atom stereocenters. The summed E-state index contributed by atoms with van der Waals surface area (Å²) in [5, 5.41) is 15.1. The minimum absolute atomic E-state index is 0.294. The van der Waals surface area contributed by atoms with E-state index >= 15 is 0 Å². The standard InChI is InChI=1S/C16H29N3O/c1-12(2)19-14(17-11-18-19)10-16(20)8-6-13(7-9-16)15(3,4)5/h11-13,20H,6-10H2,1-5H3. The highest BCUT2D eigenvalue weighted by Crippen LogP contribution is 2.42. The maximum Gasteiger partial charge on any atom is 0.138 e. The molecular weight excluding hydrogens is 250 g/mol. The molecular formula is C16H29N3O. The molecule has 0 aliphatic heterocycles. The monoisotopic (exact) mass is 279 g/mol. The molecule has 1 aromatic rings. The first-order valence-corrected chi connectivity index (χ1v) is 7.82. The van der Waals surface area contributed by atoms with Crippen molar-refractivity contribution in [3.8, 4) is 0 Å². The molecule has 0 unspecified atom stereocenters. The number of aromatic nitrogens is 3. The van der Waals surface area contributed by atoms with Crippen LogP contribution in [0.25, 0.3) is 0 Å². The molecule has 0 radical (unpaired) electrons. The van der Waals surface area contributed by atoms with Crippen molar-refractivity contribution < 1.29 is 5.11 Å². The third-order valence-electron chi connectivity index (χ3n) is 4.76. The lowest BCUT2D eigenvalue weighted by Crippen LogP contribution is -2.40. The van der Waals surface area contributed by atoms with Crippen LogP contribution in [0.5, 0.6) is 0 Å². The Hall–Kier alpha value is -0.900. The molecule has 0 aromatic carbocycles. The predicted molar refractivity (Wildman–Crippen MR) is 80.5 cm³/mol. The van der Waals surface area contributed by atoms with Crippen LogP contribution < -0.4 is 0 Å². The smallest absolute Gasteiger partial charge is 0.138 e. The fourth-order valence-electron chi connectivity index (χ4n) is 3.32. The van der Waals surface area contributed by atoms with Crippen LogP contribution in [0.3, 0.4) is 0 Å². The first-order chi connectivity index (χ1) is 9.21. The Morgan fingerprint density at radius 3 is 2.45 bits per heavy atom. The molecule has 1 heterocycles. The Bertz CT molecular complexity index is 437. The predicted octanol–water partition coefficient (Wildman–Crippen LogP) is 3.37. The van der Waals surface area contributed by atoms with Crippen molar-refractivity contribution in [3.05, 3.63) is 12.2 Å². The van der Waals surface area contributed by atoms with Crippen LogP contribution in [0.15, 0.2) is 6.33 Å². The first kappa shape index (κ1) is 15.5. The summed E-state index contributed by atoms with van der Waals surface area (Å²) in [5.41, 5.74) is -0.249. The first-order valence-electron chi connectivity index (χ1n) is 7.82. The highest BCUT2D eigenvalue weighted by molar-refractivity contribution is 4.98. The van der Waals surface area contributed by atoms with Gasteiger partial charge in [-0.25, -0.2) is 9.67 Å². The van der Waals surface area contributed by atoms with Crippen molar-refractivity contribution in [1.82, 2.24) is 14.8 Å². The second-order valence-electron chi connectivity index (χ2n) is 7.76. The number of nitrogens with zero attached hydrogens (tertiary/aromatic N) is 3. The lowest BCUT2D eigenvalue weighted by Gasteiger charge is -2.41. The van der Waals surface area contributed by atoms with Gasteiger partial charge in [0.2, 0.25) is 0 Å². The lowest BCUT2D eigenvalue weighted by molar-refractivity contribution is -0.0267. The van der Waals surface area contributed by atoms with Crippen LogP contribution in [-0.4, -0.2) is 25.5 Å². The zero-order valence-electron chi connectivity index (χ0n) is 13.6. The third kappa shape index (κ3) is 3.40. The van der Waals surface area contributed by atoms with E-state index in [1.165, 1.54) is 0 Å². The van der Waals surface area contributed by atoms with Gasteiger partial charge in [-0.05, 0) is 50.9 Å². The molecule has 4 heteroatoms. The highest BCUT2D eigenvalue weighted by atomic mass is 16.3. The molecule has 0 amide bonds. The third-order valence-corrected chi connectivity index (χ3v) is 4.76. The molecule has 1 aliphatic rings. The minimum atomic E-state index is -0.596. The van der Waals surface area contributed by atoms with Crippen molar-refractivity contribution >= 4 is 0 Å². The van der Waals surface area contributed by atoms with Gasteiger partial charge in [0.05, 0.1) is 5.60 Å². The summed E-state index contributed by atoms with van der Waals surface area (Å²) < 4.78 is 1.92. The summed E-state index contributed by atoms with van der Waals surface area (Å²) in [6.45, 7) is 11.1. The van der Waals surface area contributed by atoms with Gasteiger partial charge in [0.1, 0.15) is 12.2 Å². The molecule has 1 saturated carbocycles. The van der Waals surface area contributed by atoms with E-state index in [1.807, 2.05) is 4.68 Å². The lowest BCUT2D eigenvalue weighted by atomic mass is 9.67. The van der Waals surface area contributed by atoms with Gasteiger partial charge in [0, 0.05) is 12.5 Å². The Labute approximate surface area is 122 Å². The van der Waals surface area contributed by atoms with Crippen molar-refractivity contribution in [2.45, 2.75) is 78.4 Å². The van der Waals surface area contributed by atoms with Crippen molar-refractivity contribution in [3.63, 3.8) is 0 Å². The van der Waals surface area contributed by atoms with Crippen molar-refractivity contribution in [2.24, 2.45) is 11.3 Å². The van der Waals surface area contributed by atoms with Crippen LogP contribution in [0, 0.1) is 11.3 Å². The molecule has 0 saturated heterocycles. The van der Waals surface area contributed by atoms with Crippen LogP contribution in [-0.2, 0) is 6.42 Å². The summed E-state index contributed by atoms with van der Waals surface area (Å²) in [7, 11) is 0. The number of hydrogen-bond acceptors (Lipinski definition) is 3. The van der Waals surface area contributed by atoms with Gasteiger partial charge >= 0.3 is 0 Å². The van der Waals surface area contributed by atoms with Crippen LogP contribution in [0.4, 0.5) is 0 Å². The summed E-state index contributed by atoms with van der Waals surface area (Å²) >= 11 is 0. The topological polar surface area (TPSA) is 50.9 Å². The second kappa shape index (κ2) is 5.47. The van der Waals surface area contributed by atoms with Gasteiger partial charge in [0.25, 0.3) is 0 Å². The Morgan fingerprint density at radius 2 is 1.95 bits per heavy atom. The largest absolute Gasteiger partial charge is 0.389 e. The quantitative estimate of drug-likeness (QED) is 0.923. The number of aliphatic hydroxyl groups is 1. The maximum atomic E-state index is 10.9. The highest BCUT2D eigenvalue weighted by Gasteiger charge is 2.38. The summed E-state index contributed by atoms with van der Waals surface area (Å²) in [6.07, 6.45) is 6.19. The Morgan fingerprint density at radius 1 is 1.35 bits per heavy atom. The normalized spacial score (nSPS) is 28.1. The molecule has 4 nitrogen and oxygen atoms in total. The summed E-state index contributed by atoms with van der Waals surface area (Å²) in [4.78, 5) is 4.34. The number of hydrogen-bond donors (Lipinski definition) is 1. The van der Waals surface area contributed by atoms with Crippen molar-refractivity contribution in [2.75, 3.05) is 0 Å². The second-order valence-corrected chi connectivity index (χ2v) is 7.76. The SMILES string of the molecule is CC(C)n1ncnc1CC1(O)CCC(C(C)(C)C)CC1. The van der Waals surface area contributed by atoms with Gasteiger partial charge in [-0.2, -0.15) is 5.10 Å². The van der Waals surface area contributed by atoms with Gasteiger partial charge in [-0.15, -0.1) is 0 Å². The van der Waals surface area contributed by atoms with Gasteiger partial charge in [-0.3, -0.25) is 0 Å². The van der Waals surface area contributed by atoms with E-state index in [9.17, 15) is 5.11 Å². The summed E-state index contributed by atoms with van der Waals surface area (Å²) in [6, 6.07) is 0.294. The maximum absolute atomic E-state index is 10.9.